The number of ether oxygens (including phenoxy) is 1. The van der Waals surface area contributed by atoms with Crippen LogP contribution in [-0.4, -0.2) is 40.7 Å². The molecule has 1 aliphatic heterocycles. The van der Waals surface area contributed by atoms with Crippen LogP contribution in [0.25, 0.3) is 0 Å². The molecule has 0 spiro atoms. The number of rotatable bonds is 6. The molecule has 5 heteroatoms. The highest BCUT2D eigenvalue weighted by molar-refractivity contribution is 5.88. The molecule has 0 unspecified atom stereocenters. The third-order valence-electron chi connectivity index (χ3n) is 4.57. The van der Waals surface area contributed by atoms with Gasteiger partial charge in [0.05, 0.1) is 17.9 Å². The van der Waals surface area contributed by atoms with Crippen LogP contribution >= 0.6 is 0 Å². The fraction of sp³-hybridized carbons (Fsp3) is 0.400. The van der Waals surface area contributed by atoms with Crippen molar-refractivity contribution in [2.75, 3.05) is 19.7 Å². The van der Waals surface area contributed by atoms with Crippen LogP contribution in [0, 0.1) is 12.8 Å². The second-order valence-electron chi connectivity index (χ2n) is 6.67. The normalized spacial score (nSPS) is 18.0. The van der Waals surface area contributed by atoms with Crippen molar-refractivity contribution < 1.29 is 14.6 Å². The van der Waals surface area contributed by atoms with Crippen LogP contribution in [0.3, 0.4) is 0 Å². The zero-order valence-electron chi connectivity index (χ0n) is 14.5. The maximum Gasteiger partial charge on any atom is 0.337 e. The average molecular weight is 340 g/mol. The number of hydrogen-bond acceptors (Lipinski definition) is 4. The van der Waals surface area contributed by atoms with Gasteiger partial charge in [0.15, 0.2) is 0 Å². The molecule has 1 aliphatic rings. The Morgan fingerprint density at radius 3 is 3.04 bits per heavy atom. The molecule has 2 aromatic rings. The summed E-state index contributed by atoms with van der Waals surface area (Å²) in [5, 5.41) is 9.30. The summed E-state index contributed by atoms with van der Waals surface area (Å²) in [5.74, 6) is 0.445. The first-order chi connectivity index (χ1) is 12.1. The van der Waals surface area contributed by atoms with Gasteiger partial charge in [-0.3, -0.25) is 9.88 Å². The van der Waals surface area contributed by atoms with Crippen LogP contribution in [0.1, 0.15) is 34.5 Å². The van der Waals surface area contributed by atoms with Gasteiger partial charge in [-0.15, -0.1) is 0 Å². The van der Waals surface area contributed by atoms with Crippen LogP contribution in [-0.2, 0) is 6.54 Å². The fourth-order valence-corrected chi connectivity index (χ4v) is 3.32. The van der Waals surface area contributed by atoms with Crippen molar-refractivity contribution in [3.63, 3.8) is 0 Å². The minimum Gasteiger partial charge on any atom is -0.493 e. The first kappa shape index (κ1) is 17.4. The highest BCUT2D eigenvalue weighted by Crippen LogP contribution is 2.21. The summed E-state index contributed by atoms with van der Waals surface area (Å²) in [4.78, 5) is 17.9. The van der Waals surface area contributed by atoms with E-state index in [1.54, 1.807) is 18.3 Å². The second-order valence-corrected chi connectivity index (χ2v) is 6.67. The molecule has 1 aromatic heterocycles. The molecular weight excluding hydrogens is 316 g/mol. The second kappa shape index (κ2) is 8.12. The molecule has 1 aromatic carbocycles. The smallest absolute Gasteiger partial charge is 0.337 e. The Balaban J connectivity index is 1.57. The summed E-state index contributed by atoms with van der Waals surface area (Å²) in [6.45, 7) is 5.19. The zero-order valence-corrected chi connectivity index (χ0v) is 14.5. The van der Waals surface area contributed by atoms with Gasteiger partial charge >= 0.3 is 5.97 Å². The topological polar surface area (TPSA) is 62.7 Å². The van der Waals surface area contributed by atoms with Crippen molar-refractivity contribution in [1.82, 2.24) is 9.88 Å². The van der Waals surface area contributed by atoms with E-state index in [4.69, 9.17) is 4.74 Å². The number of hydrogen-bond donors (Lipinski definition) is 1. The quantitative estimate of drug-likeness (QED) is 0.873. The number of carboxylic acids is 1. The standard InChI is InChI=1S/C20H24N2O3/c1-15-5-2-7-17(11-15)25-14-16-6-4-10-22(12-16)13-19-18(20(23)24)8-3-9-21-19/h2-3,5,7-9,11,16H,4,6,10,12-14H2,1H3,(H,23,24)/t16-/m1/s1. The summed E-state index contributed by atoms with van der Waals surface area (Å²) in [7, 11) is 0. The molecule has 3 rings (SSSR count). The van der Waals surface area contributed by atoms with Crippen molar-refractivity contribution in [2.24, 2.45) is 5.92 Å². The number of pyridine rings is 1. The maximum atomic E-state index is 11.3. The third kappa shape index (κ3) is 4.79. The van der Waals surface area contributed by atoms with Gasteiger partial charge in [0, 0.05) is 25.2 Å². The first-order valence-electron chi connectivity index (χ1n) is 8.71. The summed E-state index contributed by atoms with van der Waals surface area (Å²) in [6, 6.07) is 11.4. The van der Waals surface area contributed by atoms with Crippen molar-refractivity contribution >= 4 is 5.97 Å². The van der Waals surface area contributed by atoms with Crippen LogP contribution in [0.2, 0.25) is 0 Å². The van der Waals surface area contributed by atoms with E-state index >= 15 is 0 Å². The third-order valence-corrected chi connectivity index (χ3v) is 4.57. The maximum absolute atomic E-state index is 11.3. The lowest BCUT2D eigenvalue weighted by molar-refractivity contribution is 0.0691. The Morgan fingerprint density at radius 1 is 1.36 bits per heavy atom. The lowest BCUT2D eigenvalue weighted by Crippen LogP contribution is -2.37. The van der Waals surface area contributed by atoms with E-state index in [1.807, 2.05) is 18.2 Å². The van der Waals surface area contributed by atoms with Crippen LogP contribution < -0.4 is 4.74 Å². The molecule has 0 saturated carbocycles. The highest BCUT2D eigenvalue weighted by atomic mass is 16.5. The minimum atomic E-state index is -0.917. The fourth-order valence-electron chi connectivity index (χ4n) is 3.32. The number of nitrogens with zero attached hydrogens (tertiary/aromatic N) is 2. The van der Waals surface area contributed by atoms with Crippen molar-refractivity contribution in [3.05, 3.63) is 59.4 Å². The predicted octanol–water partition coefficient (Wildman–Crippen LogP) is 3.38. The summed E-state index contributed by atoms with van der Waals surface area (Å²) < 4.78 is 5.95. The van der Waals surface area contributed by atoms with Crippen LogP contribution in [0.5, 0.6) is 5.75 Å². The molecule has 2 heterocycles. The monoisotopic (exact) mass is 340 g/mol. The lowest BCUT2D eigenvalue weighted by Gasteiger charge is -2.32. The largest absolute Gasteiger partial charge is 0.493 e. The van der Waals surface area contributed by atoms with E-state index < -0.39 is 5.97 Å². The van der Waals surface area contributed by atoms with Gasteiger partial charge in [-0.25, -0.2) is 4.79 Å². The molecule has 0 amide bonds. The van der Waals surface area contributed by atoms with E-state index in [9.17, 15) is 9.90 Å². The van der Waals surface area contributed by atoms with Crippen molar-refractivity contribution in [2.45, 2.75) is 26.3 Å². The molecule has 5 nitrogen and oxygen atoms in total. The Hall–Kier alpha value is -2.40. The molecule has 1 N–H and O–H groups in total. The Morgan fingerprint density at radius 2 is 2.24 bits per heavy atom. The van der Waals surface area contributed by atoms with Gasteiger partial charge in [0.25, 0.3) is 0 Å². The SMILES string of the molecule is Cc1cccc(OC[C@@H]2CCCN(Cc3ncccc3C(=O)O)C2)c1. The van der Waals surface area contributed by atoms with Crippen molar-refractivity contribution in [3.8, 4) is 5.75 Å². The molecule has 1 atom stereocenters. The lowest BCUT2D eigenvalue weighted by atomic mass is 9.98. The summed E-state index contributed by atoms with van der Waals surface area (Å²) >= 11 is 0. The van der Waals surface area contributed by atoms with E-state index in [-0.39, 0.29) is 0 Å². The number of benzene rings is 1. The number of carbonyl (C=O) groups is 1. The predicted molar refractivity (Wildman–Crippen MR) is 95.9 cm³/mol. The molecule has 25 heavy (non-hydrogen) atoms. The van der Waals surface area contributed by atoms with Gasteiger partial charge in [0.2, 0.25) is 0 Å². The van der Waals surface area contributed by atoms with Gasteiger partial charge in [-0.2, -0.15) is 0 Å². The minimum absolute atomic E-state index is 0.292. The van der Waals surface area contributed by atoms with E-state index in [1.165, 1.54) is 5.56 Å². The number of aromatic carboxylic acids is 1. The van der Waals surface area contributed by atoms with E-state index in [0.717, 1.165) is 31.7 Å². The van der Waals surface area contributed by atoms with Crippen molar-refractivity contribution in [1.29, 1.82) is 0 Å². The number of aromatic nitrogens is 1. The first-order valence-corrected chi connectivity index (χ1v) is 8.71. The summed E-state index contributed by atoms with van der Waals surface area (Å²) in [6.07, 6.45) is 3.89. The van der Waals surface area contributed by atoms with Crippen LogP contribution in [0.15, 0.2) is 42.6 Å². The number of carboxylic acid groups (broad SMARTS) is 1. The molecule has 132 valence electrons. The summed E-state index contributed by atoms with van der Waals surface area (Å²) in [5.41, 5.74) is 2.12. The molecule has 1 saturated heterocycles. The Bertz CT molecular complexity index is 732. The Labute approximate surface area is 148 Å². The molecule has 0 radical (unpaired) electrons. The number of aryl methyl sites for hydroxylation is 1. The molecule has 1 fully saturated rings. The molecular formula is C20H24N2O3. The van der Waals surface area contributed by atoms with Gasteiger partial charge in [-0.1, -0.05) is 12.1 Å². The van der Waals surface area contributed by atoms with Gasteiger partial charge in [0.1, 0.15) is 5.75 Å². The van der Waals surface area contributed by atoms with Crippen LogP contribution in [0.4, 0.5) is 0 Å². The number of piperidine rings is 1. The molecule has 0 bridgehead atoms. The zero-order chi connectivity index (χ0) is 17.6. The molecule has 0 aliphatic carbocycles. The van der Waals surface area contributed by atoms with E-state index in [0.29, 0.717) is 30.3 Å². The van der Waals surface area contributed by atoms with Gasteiger partial charge in [-0.05, 0) is 56.1 Å². The average Bonchev–Trinajstić information content (AvgIpc) is 2.61. The highest BCUT2D eigenvalue weighted by Gasteiger charge is 2.22. The van der Waals surface area contributed by atoms with E-state index in [2.05, 4.69) is 22.9 Å². The Kier molecular flexibility index (Phi) is 5.66. The number of likely N-dealkylation sites (tertiary alicyclic amines) is 1. The van der Waals surface area contributed by atoms with Gasteiger partial charge < -0.3 is 9.84 Å².